The Morgan fingerprint density at radius 3 is 2.32 bits per heavy atom. The summed E-state index contributed by atoms with van der Waals surface area (Å²) in [6.45, 7) is 7.48. The van der Waals surface area contributed by atoms with Crippen molar-refractivity contribution in [2.24, 2.45) is 0 Å². The lowest BCUT2D eigenvalue weighted by atomic mass is 10.0. The Morgan fingerprint density at radius 2 is 1.71 bits per heavy atom. The standard InChI is InChI=1S/C24H33N3O3S/c1-3-21-9-11-23(12-10-21)31(29,30)27(19-20(2)22-7-5-4-6-8-22)16-13-24(28)26-17-14-25-15-18-26/h4-12,20,25H,3,13-19H2,1-2H3/t20-/m0/s1. The van der Waals surface area contributed by atoms with Gasteiger partial charge in [0.1, 0.15) is 0 Å². The van der Waals surface area contributed by atoms with Crippen LogP contribution in [0.25, 0.3) is 0 Å². The normalized spacial score (nSPS) is 15.8. The first kappa shape index (κ1) is 23.4. The van der Waals surface area contributed by atoms with Crippen molar-refractivity contribution >= 4 is 15.9 Å². The summed E-state index contributed by atoms with van der Waals surface area (Å²) in [5.74, 6) is 0.0237. The lowest BCUT2D eigenvalue weighted by Gasteiger charge is -2.29. The molecule has 1 fully saturated rings. The highest BCUT2D eigenvalue weighted by Gasteiger charge is 2.28. The number of aryl methyl sites for hydroxylation is 1. The number of rotatable bonds is 9. The lowest BCUT2D eigenvalue weighted by Crippen LogP contribution is -2.47. The van der Waals surface area contributed by atoms with E-state index in [2.05, 4.69) is 5.32 Å². The maximum Gasteiger partial charge on any atom is 0.243 e. The zero-order valence-corrected chi connectivity index (χ0v) is 19.3. The Labute approximate surface area is 186 Å². The SMILES string of the molecule is CCc1ccc(S(=O)(=O)N(CCC(=O)N2CCNCC2)C[C@H](C)c2ccccc2)cc1. The minimum absolute atomic E-state index is 0.00963. The number of nitrogens with one attached hydrogen (secondary N) is 1. The number of carbonyl (C=O) groups is 1. The molecule has 168 valence electrons. The van der Waals surface area contributed by atoms with Gasteiger partial charge in [0.05, 0.1) is 4.90 Å². The van der Waals surface area contributed by atoms with E-state index < -0.39 is 10.0 Å². The molecule has 0 unspecified atom stereocenters. The van der Waals surface area contributed by atoms with Crippen molar-refractivity contribution in [1.82, 2.24) is 14.5 Å². The van der Waals surface area contributed by atoms with E-state index in [-0.39, 0.29) is 29.7 Å². The summed E-state index contributed by atoms with van der Waals surface area (Å²) in [6, 6.07) is 17.0. The Hall–Kier alpha value is -2.22. The highest BCUT2D eigenvalue weighted by molar-refractivity contribution is 7.89. The number of hydrogen-bond donors (Lipinski definition) is 1. The van der Waals surface area contributed by atoms with E-state index in [9.17, 15) is 13.2 Å². The lowest BCUT2D eigenvalue weighted by molar-refractivity contribution is -0.131. The number of amides is 1. The van der Waals surface area contributed by atoms with Crippen LogP contribution in [0.15, 0.2) is 59.5 Å². The zero-order valence-electron chi connectivity index (χ0n) is 18.5. The largest absolute Gasteiger partial charge is 0.340 e. The van der Waals surface area contributed by atoms with Crippen molar-refractivity contribution in [2.75, 3.05) is 39.3 Å². The fraction of sp³-hybridized carbons (Fsp3) is 0.458. The molecule has 2 aromatic carbocycles. The van der Waals surface area contributed by atoms with Crippen LogP contribution in [0.4, 0.5) is 0 Å². The van der Waals surface area contributed by atoms with Gasteiger partial charge in [0.25, 0.3) is 0 Å². The monoisotopic (exact) mass is 443 g/mol. The summed E-state index contributed by atoms with van der Waals surface area (Å²) in [5.41, 5.74) is 2.18. The van der Waals surface area contributed by atoms with Gasteiger partial charge in [-0.2, -0.15) is 4.31 Å². The Bertz CT molecular complexity index is 940. The van der Waals surface area contributed by atoms with E-state index in [1.54, 1.807) is 12.1 Å². The smallest absolute Gasteiger partial charge is 0.243 e. The average molecular weight is 444 g/mol. The van der Waals surface area contributed by atoms with E-state index in [4.69, 9.17) is 0 Å². The minimum atomic E-state index is -3.71. The minimum Gasteiger partial charge on any atom is -0.340 e. The summed E-state index contributed by atoms with van der Waals surface area (Å²) in [4.78, 5) is 14.8. The molecule has 0 saturated carbocycles. The van der Waals surface area contributed by atoms with Crippen molar-refractivity contribution in [3.8, 4) is 0 Å². The first-order valence-electron chi connectivity index (χ1n) is 11.0. The Morgan fingerprint density at radius 1 is 1.06 bits per heavy atom. The van der Waals surface area contributed by atoms with E-state index >= 15 is 0 Å². The number of hydrogen-bond acceptors (Lipinski definition) is 4. The molecule has 31 heavy (non-hydrogen) atoms. The second kappa shape index (κ2) is 10.9. The molecule has 0 bridgehead atoms. The number of piperazine rings is 1. The maximum atomic E-state index is 13.5. The van der Waals surface area contributed by atoms with Crippen LogP contribution in [0.3, 0.4) is 0 Å². The van der Waals surface area contributed by atoms with Gasteiger partial charge in [-0.1, -0.05) is 56.3 Å². The molecule has 1 heterocycles. The van der Waals surface area contributed by atoms with Gasteiger partial charge < -0.3 is 10.2 Å². The van der Waals surface area contributed by atoms with E-state index in [0.717, 1.165) is 30.6 Å². The van der Waals surface area contributed by atoms with Gasteiger partial charge in [-0.05, 0) is 35.6 Å². The molecule has 0 aromatic heterocycles. The molecule has 3 rings (SSSR count). The third-order valence-corrected chi connectivity index (χ3v) is 7.74. The van der Waals surface area contributed by atoms with Crippen LogP contribution in [0.2, 0.25) is 0 Å². The van der Waals surface area contributed by atoms with Crippen LogP contribution < -0.4 is 5.32 Å². The van der Waals surface area contributed by atoms with Gasteiger partial charge in [-0.3, -0.25) is 4.79 Å². The molecule has 6 nitrogen and oxygen atoms in total. The van der Waals surface area contributed by atoms with Crippen molar-refractivity contribution in [3.05, 3.63) is 65.7 Å². The number of carbonyl (C=O) groups excluding carboxylic acids is 1. The van der Waals surface area contributed by atoms with Crippen LogP contribution in [0.5, 0.6) is 0 Å². The molecule has 7 heteroatoms. The van der Waals surface area contributed by atoms with Gasteiger partial charge in [-0.25, -0.2) is 8.42 Å². The van der Waals surface area contributed by atoms with Crippen LogP contribution in [0, 0.1) is 0 Å². The van der Waals surface area contributed by atoms with Crippen LogP contribution in [0.1, 0.15) is 37.3 Å². The third-order valence-electron chi connectivity index (χ3n) is 5.86. The third kappa shape index (κ3) is 6.15. The van der Waals surface area contributed by atoms with Crippen LogP contribution in [-0.2, 0) is 21.2 Å². The number of nitrogens with zero attached hydrogens (tertiary/aromatic N) is 2. The van der Waals surface area contributed by atoms with Crippen LogP contribution in [-0.4, -0.2) is 62.8 Å². The molecule has 1 atom stereocenters. The van der Waals surface area contributed by atoms with Gasteiger partial charge >= 0.3 is 0 Å². The molecule has 0 spiro atoms. The highest BCUT2D eigenvalue weighted by Crippen LogP contribution is 2.23. The van der Waals surface area contributed by atoms with Gasteiger partial charge in [-0.15, -0.1) is 0 Å². The molecule has 1 aliphatic rings. The first-order chi connectivity index (χ1) is 14.9. The zero-order chi connectivity index (χ0) is 22.3. The maximum absolute atomic E-state index is 13.5. The van der Waals surface area contributed by atoms with Crippen molar-refractivity contribution in [3.63, 3.8) is 0 Å². The predicted octanol–water partition coefficient (Wildman–Crippen LogP) is 2.87. The molecule has 0 radical (unpaired) electrons. The van der Waals surface area contributed by atoms with E-state index in [0.29, 0.717) is 19.6 Å². The fourth-order valence-corrected chi connectivity index (χ4v) is 5.37. The number of benzene rings is 2. The molecule has 0 aliphatic carbocycles. The summed E-state index contributed by atoms with van der Waals surface area (Å²) < 4.78 is 28.4. The summed E-state index contributed by atoms with van der Waals surface area (Å²) in [7, 11) is -3.71. The van der Waals surface area contributed by atoms with Crippen molar-refractivity contribution in [2.45, 2.75) is 37.5 Å². The van der Waals surface area contributed by atoms with E-state index in [1.807, 2.05) is 61.2 Å². The van der Waals surface area contributed by atoms with Gasteiger partial charge in [0.15, 0.2) is 0 Å². The van der Waals surface area contributed by atoms with Crippen molar-refractivity contribution < 1.29 is 13.2 Å². The van der Waals surface area contributed by atoms with Gasteiger partial charge in [0, 0.05) is 45.7 Å². The molecular formula is C24H33N3O3S. The Kier molecular flexibility index (Phi) is 8.23. The van der Waals surface area contributed by atoms with E-state index in [1.165, 1.54) is 4.31 Å². The predicted molar refractivity (Wildman–Crippen MR) is 124 cm³/mol. The molecule has 1 N–H and O–H groups in total. The van der Waals surface area contributed by atoms with Crippen molar-refractivity contribution in [1.29, 1.82) is 0 Å². The second-order valence-electron chi connectivity index (χ2n) is 8.05. The molecule has 1 amide bonds. The molecule has 2 aromatic rings. The quantitative estimate of drug-likeness (QED) is 0.647. The number of sulfonamides is 1. The molecular weight excluding hydrogens is 410 g/mol. The first-order valence-corrected chi connectivity index (χ1v) is 12.5. The van der Waals surface area contributed by atoms with Crippen LogP contribution >= 0.6 is 0 Å². The summed E-state index contributed by atoms with van der Waals surface area (Å²) in [5, 5.41) is 3.23. The summed E-state index contributed by atoms with van der Waals surface area (Å²) >= 11 is 0. The molecule has 1 aliphatic heterocycles. The Balaban J connectivity index is 1.79. The van der Waals surface area contributed by atoms with Gasteiger partial charge in [0.2, 0.25) is 15.9 Å². The topological polar surface area (TPSA) is 69.7 Å². The highest BCUT2D eigenvalue weighted by atomic mass is 32.2. The fourth-order valence-electron chi connectivity index (χ4n) is 3.84. The second-order valence-corrected chi connectivity index (χ2v) is 9.99. The average Bonchev–Trinajstić information content (AvgIpc) is 2.82. The summed E-state index contributed by atoms with van der Waals surface area (Å²) in [6.07, 6.45) is 1.04. The molecule has 1 saturated heterocycles.